The lowest BCUT2D eigenvalue weighted by Gasteiger charge is -2.36. The van der Waals surface area contributed by atoms with E-state index >= 15 is 0 Å². The molecule has 1 unspecified atom stereocenters. The molecule has 0 radical (unpaired) electrons. The van der Waals surface area contributed by atoms with Gasteiger partial charge in [0.15, 0.2) is 5.60 Å². The van der Waals surface area contributed by atoms with Crippen molar-refractivity contribution in [3.63, 3.8) is 0 Å². The third kappa shape index (κ3) is 2.85. The molecule has 1 amide bonds. The molecule has 2 rings (SSSR count). The van der Waals surface area contributed by atoms with E-state index < -0.39 is 11.6 Å². The zero-order valence-corrected chi connectivity index (χ0v) is 12.1. The van der Waals surface area contributed by atoms with Crippen LogP contribution in [0.2, 0.25) is 0 Å². The molecule has 0 bridgehead atoms. The number of carbonyl (C=O) groups is 2. The molecule has 1 heterocycles. The SMILES string of the molecule is Cc1cc(C(=O)N2CCCC(O)(C(=O)O)C2)cc(C)c1O. The molecule has 3 N–H and O–H groups in total. The lowest BCUT2D eigenvalue weighted by Crippen LogP contribution is -2.54. The maximum Gasteiger partial charge on any atom is 0.337 e. The molecule has 1 aliphatic rings. The van der Waals surface area contributed by atoms with Crippen molar-refractivity contribution in [1.82, 2.24) is 4.90 Å². The normalized spacial score (nSPS) is 22.1. The first-order valence-corrected chi connectivity index (χ1v) is 6.80. The third-order valence-electron chi connectivity index (χ3n) is 3.89. The number of hydrogen-bond donors (Lipinski definition) is 3. The first-order chi connectivity index (χ1) is 9.74. The lowest BCUT2D eigenvalue weighted by atomic mass is 9.92. The van der Waals surface area contributed by atoms with Crippen molar-refractivity contribution in [3.8, 4) is 5.75 Å². The molecule has 1 atom stereocenters. The molecule has 6 heteroatoms. The van der Waals surface area contributed by atoms with Gasteiger partial charge >= 0.3 is 5.97 Å². The van der Waals surface area contributed by atoms with E-state index in [1.165, 1.54) is 4.90 Å². The fourth-order valence-corrected chi connectivity index (χ4v) is 2.65. The van der Waals surface area contributed by atoms with Crippen LogP contribution >= 0.6 is 0 Å². The molecular formula is C15H19NO5. The van der Waals surface area contributed by atoms with Gasteiger partial charge in [0, 0.05) is 12.1 Å². The van der Waals surface area contributed by atoms with Gasteiger partial charge in [0.1, 0.15) is 5.75 Å². The van der Waals surface area contributed by atoms with Crippen LogP contribution < -0.4 is 0 Å². The highest BCUT2D eigenvalue weighted by Crippen LogP contribution is 2.26. The minimum atomic E-state index is -1.88. The van der Waals surface area contributed by atoms with E-state index in [1.807, 2.05) is 0 Å². The highest BCUT2D eigenvalue weighted by atomic mass is 16.4. The average Bonchev–Trinajstić information content (AvgIpc) is 2.43. The van der Waals surface area contributed by atoms with Gasteiger partial charge in [0.2, 0.25) is 0 Å². The largest absolute Gasteiger partial charge is 0.507 e. The van der Waals surface area contributed by atoms with Crippen molar-refractivity contribution in [1.29, 1.82) is 0 Å². The third-order valence-corrected chi connectivity index (χ3v) is 3.89. The van der Waals surface area contributed by atoms with Crippen LogP contribution in [0.5, 0.6) is 5.75 Å². The molecule has 1 aromatic carbocycles. The summed E-state index contributed by atoms with van der Waals surface area (Å²) >= 11 is 0. The Bertz CT molecular complexity index is 575. The Balaban J connectivity index is 2.26. The molecule has 114 valence electrons. The monoisotopic (exact) mass is 293 g/mol. The van der Waals surface area contributed by atoms with Crippen LogP contribution in [0, 0.1) is 13.8 Å². The number of amides is 1. The summed E-state index contributed by atoms with van der Waals surface area (Å²) in [6.07, 6.45) is 0.574. The molecule has 1 aromatic rings. The second-order valence-electron chi connectivity index (χ2n) is 5.63. The van der Waals surface area contributed by atoms with E-state index in [0.717, 1.165) is 0 Å². The van der Waals surface area contributed by atoms with Gasteiger partial charge in [-0.15, -0.1) is 0 Å². The number of aromatic hydroxyl groups is 1. The number of β-amino-alcohol motifs (C(OH)–C–C–N with tert-alkyl or cyclic N) is 1. The number of aliphatic hydroxyl groups is 1. The number of phenols is 1. The van der Waals surface area contributed by atoms with Crippen LogP contribution in [0.15, 0.2) is 12.1 Å². The second-order valence-corrected chi connectivity index (χ2v) is 5.63. The Hall–Kier alpha value is -2.08. The van der Waals surface area contributed by atoms with Crippen molar-refractivity contribution >= 4 is 11.9 Å². The van der Waals surface area contributed by atoms with E-state index in [4.69, 9.17) is 5.11 Å². The number of aryl methyl sites for hydroxylation is 2. The van der Waals surface area contributed by atoms with Gasteiger partial charge in [-0.05, 0) is 49.9 Å². The molecule has 0 saturated carbocycles. The molecular weight excluding hydrogens is 274 g/mol. The maximum absolute atomic E-state index is 12.5. The number of carbonyl (C=O) groups excluding carboxylic acids is 1. The van der Waals surface area contributed by atoms with Gasteiger partial charge in [-0.3, -0.25) is 4.79 Å². The van der Waals surface area contributed by atoms with E-state index in [9.17, 15) is 19.8 Å². The Kier molecular flexibility index (Phi) is 3.91. The number of nitrogens with zero attached hydrogens (tertiary/aromatic N) is 1. The predicted molar refractivity (Wildman–Crippen MR) is 75.3 cm³/mol. The molecule has 1 aliphatic heterocycles. The smallest absolute Gasteiger partial charge is 0.337 e. The van der Waals surface area contributed by atoms with Crippen LogP contribution in [0.25, 0.3) is 0 Å². The summed E-state index contributed by atoms with van der Waals surface area (Å²) in [7, 11) is 0. The number of aliphatic carboxylic acids is 1. The van der Waals surface area contributed by atoms with Crippen molar-refractivity contribution in [2.45, 2.75) is 32.3 Å². The van der Waals surface area contributed by atoms with E-state index in [-0.39, 0.29) is 24.6 Å². The fourth-order valence-electron chi connectivity index (χ4n) is 2.65. The van der Waals surface area contributed by atoms with Gasteiger partial charge < -0.3 is 20.2 Å². The van der Waals surface area contributed by atoms with Crippen LogP contribution in [0.3, 0.4) is 0 Å². The number of rotatable bonds is 2. The summed E-state index contributed by atoms with van der Waals surface area (Å²) in [6, 6.07) is 3.14. The van der Waals surface area contributed by atoms with E-state index in [2.05, 4.69) is 0 Å². The number of likely N-dealkylation sites (tertiary alicyclic amines) is 1. The number of phenolic OH excluding ortho intramolecular Hbond substituents is 1. The minimum Gasteiger partial charge on any atom is -0.507 e. The summed E-state index contributed by atoms with van der Waals surface area (Å²) in [4.78, 5) is 24.9. The van der Waals surface area contributed by atoms with E-state index in [1.54, 1.807) is 26.0 Å². The molecule has 0 aromatic heterocycles. The first kappa shape index (κ1) is 15.3. The zero-order valence-electron chi connectivity index (χ0n) is 12.1. The highest BCUT2D eigenvalue weighted by molar-refractivity contribution is 5.95. The molecule has 21 heavy (non-hydrogen) atoms. The zero-order chi connectivity index (χ0) is 15.8. The molecule has 0 aliphatic carbocycles. The minimum absolute atomic E-state index is 0.139. The van der Waals surface area contributed by atoms with Crippen LogP contribution in [-0.4, -0.2) is 50.8 Å². The van der Waals surface area contributed by atoms with Gasteiger partial charge in [-0.1, -0.05) is 0 Å². The van der Waals surface area contributed by atoms with Crippen LogP contribution in [-0.2, 0) is 4.79 Å². The molecule has 1 fully saturated rings. The quantitative estimate of drug-likeness (QED) is 0.757. The lowest BCUT2D eigenvalue weighted by molar-refractivity contribution is -0.163. The molecule has 1 saturated heterocycles. The standard InChI is InChI=1S/C15H19NO5/c1-9-6-11(7-10(2)12(9)17)13(18)16-5-3-4-15(21,8-16)14(19)20/h6-7,17,21H,3-5,8H2,1-2H3,(H,19,20). The maximum atomic E-state index is 12.5. The molecule has 6 nitrogen and oxygen atoms in total. The van der Waals surface area contributed by atoms with Gasteiger partial charge in [0.25, 0.3) is 5.91 Å². The Morgan fingerprint density at radius 2 is 1.81 bits per heavy atom. The Morgan fingerprint density at radius 1 is 1.24 bits per heavy atom. The number of hydrogen-bond acceptors (Lipinski definition) is 4. The van der Waals surface area contributed by atoms with Gasteiger partial charge in [-0.2, -0.15) is 0 Å². The fraction of sp³-hybridized carbons (Fsp3) is 0.467. The van der Waals surface area contributed by atoms with Crippen molar-refractivity contribution < 1.29 is 24.9 Å². The van der Waals surface area contributed by atoms with E-state index in [0.29, 0.717) is 29.7 Å². The number of carboxylic acids is 1. The summed E-state index contributed by atoms with van der Waals surface area (Å²) < 4.78 is 0. The Morgan fingerprint density at radius 3 is 2.33 bits per heavy atom. The van der Waals surface area contributed by atoms with Gasteiger partial charge in [0.05, 0.1) is 6.54 Å². The molecule has 0 spiro atoms. The van der Waals surface area contributed by atoms with Crippen molar-refractivity contribution in [3.05, 3.63) is 28.8 Å². The van der Waals surface area contributed by atoms with Crippen LogP contribution in [0.1, 0.15) is 34.3 Å². The highest BCUT2D eigenvalue weighted by Gasteiger charge is 2.41. The predicted octanol–water partition coefficient (Wildman–Crippen LogP) is 1.06. The number of piperidine rings is 1. The summed E-state index contributed by atoms with van der Waals surface area (Å²) in [5.74, 6) is -1.49. The number of benzene rings is 1. The first-order valence-electron chi connectivity index (χ1n) is 6.80. The number of carboxylic acid groups (broad SMARTS) is 1. The summed E-state index contributed by atoms with van der Waals surface area (Å²) in [5, 5.41) is 28.8. The summed E-state index contributed by atoms with van der Waals surface area (Å²) in [6.45, 7) is 3.58. The topological polar surface area (TPSA) is 98.1 Å². The average molecular weight is 293 g/mol. The van der Waals surface area contributed by atoms with Crippen molar-refractivity contribution in [2.75, 3.05) is 13.1 Å². The van der Waals surface area contributed by atoms with Gasteiger partial charge in [-0.25, -0.2) is 4.79 Å². The Labute approximate surface area is 122 Å². The second kappa shape index (κ2) is 5.37. The van der Waals surface area contributed by atoms with Crippen LogP contribution in [0.4, 0.5) is 0 Å². The van der Waals surface area contributed by atoms with Crippen molar-refractivity contribution in [2.24, 2.45) is 0 Å². The summed E-state index contributed by atoms with van der Waals surface area (Å²) in [5.41, 5.74) is -0.320.